The van der Waals surface area contributed by atoms with Gasteiger partial charge in [0.15, 0.2) is 0 Å². The summed E-state index contributed by atoms with van der Waals surface area (Å²) in [6.45, 7) is 9.57. The molecule has 8 heteroatoms. The minimum atomic E-state index is -3.64. The van der Waals surface area contributed by atoms with Crippen molar-refractivity contribution in [1.29, 1.82) is 0 Å². The zero-order valence-corrected chi connectivity index (χ0v) is 17.9. The molecule has 0 radical (unpaired) electrons. The Morgan fingerprint density at radius 3 is 2.50 bits per heavy atom. The van der Waals surface area contributed by atoms with Gasteiger partial charge in [0.05, 0.1) is 11.5 Å². The van der Waals surface area contributed by atoms with Gasteiger partial charge in [0.2, 0.25) is 15.9 Å². The van der Waals surface area contributed by atoms with Crippen LogP contribution < -0.4 is 14.8 Å². The summed E-state index contributed by atoms with van der Waals surface area (Å²) in [7, 11) is -3.64. The van der Waals surface area contributed by atoms with Gasteiger partial charge in [-0.1, -0.05) is 6.92 Å². The van der Waals surface area contributed by atoms with Crippen LogP contribution in [0.2, 0.25) is 0 Å². The predicted octanol–water partition coefficient (Wildman–Crippen LogP) is 1.99. The molecule has 7 nitrogen and oxygen atoms in total. The molecule has 1 aliphatic rings. The third kappa shape index (κ3) is 7.07. The Morgan fingerprint density at radius 2 is 1.89 bits per heavy atom. The molecule has 1 heterocycles. The van der Waals surface area contributed by atoms with Crippen LogP contribution in [0.4, 0.5) is 0 Å². The molecule has 1 saturated heterocycles. The Balaban J connectivity index is 1.70. The minimum absolute atomic E-state index is 0.0665. The zero-order chi connectivity index (χ0) is 20.6. The maximum atomic E-state index is 12.3. The number of nitrogens with zero attached hydrogens (tertiary/aromatic N) is 1. The van der Waals surface area contributed by atoms with E-state index in [1.54, 1.807) is 12.1 Å². The normalized spacial score (nSPS) is 17.2. The van der Waals surface area contributed by atoms with E-state index in [1.165, 1.54) is 25.0 Å². The first kappa shape index (κ1) is 22.6. The number of carbonyl (C=O) groups excluding carboxylic acids is 1. The van der Waals surface area contributed by atoms with E-state index in [9.17, 15) is 13.2 Å². The van der Waals surface area contributed by atoms with Crippen LogP contribution in [0.5, 0.6) is 5.75 Å². The number of piperidine rings is 1. The van der Waals surface area contributed by atoms with Crippen molar-refractivity contribution in [2.24, 2.45) is 5.92 Å². The van der Waals surface area contributed by atoms with Gasteiger partial charge in [-0.2, -0.15) is 0 Å². The highest BCUT2D eigenvalue weighted by molar-refractivity contribution is 7.89. The van der Waals surface area contributed by atoms with Gasteiger partial charge >= 0.3 is 0 Å². The molecule has 1 atom stereocenters. The molecular formula is C20H33N3O4S. The molecule has 0 spiro atoms. The number of rotatable bonds is 10. The first-order chi connectivity index (χ1) is 13.3. The van der Waals surface area contributed by atoms with Gasteiger partial charge < -0.3 is 10.1 Å². The lowest BCUT2D eigenvalue weighted by Gasteiger charge is -2.35. The van der Waals surface area contributed by atoms with E-state index in [0.29, 0.717) is 18.9 Å². The fraction of sp³-hybridized carbons (Fsp3) is 0.650. The van der Waals surface area contributed by atoms with E-state index in [0.717, 1.165) is 19.0 Å². The van der Waals surface area contributed by atoms with Crippen molar-refractivity contribution in [1.82, 2.24) is 14.9 Å². The molecule has 0 aliphatic carbocycles. The molecule has 0 aromatic heterocycles. The van der Waals surface area contributed by atoms with Gasteiger partial charge in [-0.05, 0) is 70.0 Å². The highest BCUT2D eigenvalue weighted by Gasteiger charge is 2.20. The lowest BCUT2D eigenvalue weighted by molar-refractivity contribution is -0.121. The highest BCUT2D eigenvalue weighted by atomic mass is 32.2. The third-order valence-corrected chi connectivity index (χ3v) is 6.60. The predicted molar refractivity (Wildman–Crippen MR) is 110 cm³/mol. The summed E-state index contributed by atoms with van der Waals surface area (Å²) in [5, 5.41) is 2.91. The first-order valence-electron chi connectivity index (χ1n) is 10.0. The number of nitrogens with one attached hydrogen (secondary N) is 2. The molecule has 158 valence electrons. The summed E-state index contributed by atoms with van der Waals surface area (Å²) in [6.07, 6.45) is 2.51. The number of hydrogen-bond donors (Lipinski definition) is 2. The van der Waals surface area contributed by atoms with Crippen molar-refractivity contribution in [3.8, 4) is 5.75 Å². The minimum Gasteiger partial charge on any atom is -0.494 e. The maximum absolute atomic E-state index is 12.3. The fourth-order valence-corrected chi connectivity index (χ4v) is 4.24. The zero-order valence-electron chi connectivity index (χ0n) is 17.1. The van der Waals surface area contributed by atoms with Crippen molar-refractivity contribution < 1.29 is 17.9 Å². The molecule has 1 fully saturated rings. The Bertz CT molecular complexity index is 713. The van der Waals surface area contributed by atoms with Crippen molar-refractivity contribution in [2.75, 3.05) is 32.8 Å². The second kappa shape index (κ2) is 10.8. The molecule has 0 saturated carbocycles. The summed E-state index contributed by atoms with van der Waals surface area (Å²) >= 11 is 0. The van der Waals surface area contributed by atoms with Gasteiger partial charge in [-0.3, -0.25) is 9.69 Å². The molecule has 1 aromatic carbocycles. The second-order valence-electron chi connectivity index (χ2n) is 7.42. The smallest absolute Gasteiger partial charge is 0.240 e. The fourth-order valence-electron chi connectivity index (χ4n) is 3.21. The Labute approximate surface area is 168 Å². The van der Waals surface area contributed by atoms with Crippen LogP contribution in [0.25, 0.3) is 0 Å². The van der Waals surface area contributed by atoms with Crippen LogP contribution in [0.1, 0.15) is 40.0 Å². The average Bonchev–Trinajstić information content (AvgIpc) is 2.67. The van der Waals surface area contributed by atoms with E-state index in [1.807, 2.05) is 6.92 Å². The molecular weight excluding hydrogens is 378 g/mol. The molecule has 1 aromatic rings. The third-order valence-electron chi connectivity index (χ3n) is 5.13. The summed E-state index contributed by atoms with van der Waals surface area (Å²) in [4.78, 5) is 14.6. The Hall–Kier alpha value is -1.64. The number of likely N-dealkylation sites (tertiary alicyclic amines) is 1. The van der Waals surface area contributed by atoms with Crippen LogP contribution in [-0.4, -0.2) is 58.1 Å². The molecule has 1 amide bonds. The largest absolute Gasteiger partial charge is 0.494 e. The highest BCUT2D eigenvalue weighted by Crippen LogP contribution is 2.18. The number of sulfonamides is 1. The number of amides is 1. The number of ether oxygens (including phenoxy) is 1. The van der Waals surface area contributed by atoms with Crippen molar-refractivity contribution in [2.45, 2.75) is 51.0 Å². The lowest BCUT2D eigenvalue weighted by atomic mass is 9.98. The van der Waals surface area contributed by atoms with Gasteiger partial charge in [-0.25, -0.2) is 13.1 Å². The Morgan fingerprint density at radius 1 is 1.25 bits per heavy atom. The summed E-state index contributed by atoms with van der Waals surface area (Å²) in [5.74, 6) is 1.26. The SMILES string of the molecule is CCOc1ccc(S(=O)(=O)NCCC(=O)NCC(C)N2CCC(C)CC2)cc1. The van der Waals surface area contributed by atoms with E-state index in [-0.39, 0.29) is 29.8 Å². The number of hydrogen-bond acceptors (Lipinski definition) is 5. The van der Waals surface area contributed by atoms with Crippen molar-refractivity contribution >= 4 is 15.9 Å². The van der Waals surface area contributed by atoms with E-state index in [4.69, 9.17) is 4.74 Å². The molecule has 1 aliphatic heterocycles. The van der Waals surface area contributed by atoms with Gasteiger partial charge in [0.25, 0.3) is 0 Å². The molecule has 1 unspecified atom stereocenters. The lowest BCUT2D eigenvalue weighted by Crippen LogP contribution is -2.45. The standard InChI is InChI=1S/C20H33N3O4S/c1-4-27-18-5-7-19(8-6-18)28(25,26)22-12-9-20(24)21-15-17(3)23-13-10-16(2)11-14-23/h5-8,16-17,22H,4,9-15H2,1-3H3,(H,21,24). The summed E-state index contributed by atoms with van der Waals surface area (Å²) < 4.78 is 32.4. The summed E-state index contributed by atoms with van der Waals surface area (Å²) in [5.41, 5.74) is 0. The first-order valence-corrected chi connectivity index (χ1v) is 11.5. The molecule has 2 rings (SSSR count). The van der Waals surface area contributed by atoms with Crippen LogP contribution in [-0.2, 0) is 14.8 Å². The van der Waals surface area contributed by atoms with Gasteiger partial charge in [-0.15, -0.1) is 0 Å². The van der Waals surface area contributed by atoms with Crippen LogP contribution in [0.3, 0.4) is 0 Å². The Kier molecular flexibility index (Phi) is 8.72. The quantitative estimate of drug-likeness (QED) is 0.615. The monoisotopic (exact) mass is 411 g/mol. The topological polar surface area (TPSA) is 87.7 Å². The molecule has 28 heavy (non-hydrogen) atoms. The van der Waals surface area contributed by atoms with E-state index < -0.39 is 10.0 Å². The number of benzene rings is 1. The van der Waals surface area contributed by atoms with Gasteiger partial charge in [0, 0.05) is 25.6 Å². The molecule has 0 bridgehead atoms. The van der Waals surface area contributed by atoms with E-state index >= 15 is 0 Å². The van der Waals surface area contributed by atoms with Crippen molar-refractivity contribution in [3.63, 3.8) is 0 Å². The van der Waals surface area contributed by atoms with Crippen molar-refractivity contribution in [3.05, 3.63) is 24.3 Å². The maximum Gasteiger partial charge on any atom is 0.240 e. The van der Waals surface area contributed by atoms with Crippen LogP contribution >= 0.6 is 0 Å². The van der Waals surface area contributed by atoms with Gasteiger partial charge in [0.1, 0.15) is 5.75 Å². The average molecular weight is 412 g/mol. The molecule has 2 N–H and O–H groups in total. The van der Waals surface area contributed by atoms with Crippen LogP contribution in [0, 0.1) is 5.92 Å². The van der Waals surface area contributed by atoms with Crippen LogP contribution in [0.15, 0.2) is 29.2 Å². The number of carbonyl (C=O) groups is 1. The van der Waals surface area contributed by atoms with E-state index in [2.05, 4.69) is 28.8 Å². The summed E-state index contributed by atoms with van der Waals surface area (Å²) in [6, 6.07) is 6.52. The second-order valence-corrected chi connectivity index (χ2v) is 9.19.